The molecule has 0 amide bonds. The fourth-order valence-corrected chi connectivity index (χ4v) is 1.27. The Morgan fingerprint density at radius 2 is 2.00 bits per heavy atom. The first-order valence-electron chi connectivity index (χ1n) is 3.70. The zero-order valence-corrected chi connectivity index (χ0v) is 6.22. The predicted molar refractivity (Wildman–Crippen MR) is 39.3 cm³/mol. The molecule has 0 aliphatic heterocycles. The highest BCUT2D eigenvalue weighted by molar-refractivity contribution is 4.88. The van der Waals surface area contributed by atoms with Crippen LogP contribution in [0.5, 0.6) is 0 Å². The van der Waals surface area contributed by atoms with Crippen LogP contribution in [0.25, 0.3) is 0 Å². The van der Waals surface area contributed by atoms with Crippen LogP contribution in [-0.2, 0) is 0 Å². The van der Waals surface area contributed by atoms with E-state index in [2.05, 4.69) is 19.2 Å². The number of hydrogen-bond acceptors (Lipinski definition) is 2. The monoisotopic (exact) mass is 128 g/mol. The van der Waals surface area contributed by atoms with Crippen molar-refractivity contribution in [2.75, 3.05) is 0 Å². The Labute approximate surface area is 56.8 Å². The second-order valence-electron chi connectivity index (χ2n) is 3.25. The van der Waals surface area contributed by atoms with E-state index in [1.165, 1.54) is 0 Å². The molecule has 0 spiro atoms. The number of rotatable bonds is 2. The van der Waals surface area contributed by atoms with E-state index in [4.69, 9.17) is 5.73 Å². The lowest BCUT2D eigenvalue weighted by Crippen LogP contribution is -2.50. The first-order chi connectivity index (χ1) is 4.18. The lowest BCUT2D eigenvalue weighted by molar-refractivity contribution is 0.276. The molecule has 0 unspecified atom stereocenters. The minimum absolute atomic E-state index is 0.473. The van der Waals surface area contributed by atoms with Crippen LogP contribution in [-0.4, -0.2) is 18.1 Å². The Morgan fingerprint density at radius 3 is 2.33 bits per heavy atom. The van der Waals surface area contributed by atoms with Gasteiger partial charge < -0.3 is 11.1 Å². The van der Waals surface area contributed by atoms with E-state index in [9.17, 15) is 0 Å². The molecule has 1 aliphatic carbocycles. The molecule has 0 bridgehead atoms. The zero-order chi connectivity index (χ0) is 6.85. The average Bonchev–Trinajstić information content (AvgIpc) is 1.60. The molecule has 0 atom stereocenters. The first kappa shape index (κ1) is 7.03. The van der Waals surface area contributed by atoms with Crippen LogP contribution in [0.3, 0.4) is 0 Å². The Hall–Kier alpha value is -0.0800. The van der Waals surface area contributed by atoms with Gasteiger partial charge in [0, 0.05) is 18.1 Å². The van der Waals surface area contributed by atoms with Crippen molar-refractivity contribution in [3.63, 3.8) is 0 Å². The van der Waals surface area contributed by atoms with E-state index in [0.717, 1.165) is 12.8 Å². The third-order valence-electron chi connectivity index (χ3n) is 1.74. The van der Waals surface area contributed by atoms with Crippen LogP contribution >= 0.6 is 0 Å². The summed E-state index contributed by atoms with van der Waals surface area (Å²) in [6.45, 7) is 4.34. The van der Waals surface area contributed by atoms with Crippen LogP contribution in [0.2, 0.25) is 0 Å². The second-order valence-corrected chi connectivity index (χ2v) is 3.25. The van der Waals surface area contributed by atoms with Crippen molar-refractivity contribution >= 4 is 0 Å². The van der Waals surface area contributed by atoms with Gasteiger partial charge in [-0.3, -0.25) is 0 Å². The summed E-state index contributed by atoms with van der Waals surface area (Å²) >= 11 is 0. The normalized spacial score (nSPS) is 34.7. The quantitative estimate of drug-likeness (QED) is 0.567. The molecule has 1 aliphatic rings. The summed E-state index contributed by atoms with van der Waals surface area (Å²) < 4.78 is 0. The van der Waals surface area contributed by atoms with E-state index in [0.29, 0.717) is 18.1 Å². The minimum atomic E-state index is 0.473. The van der Waals surface area contributed by atoms with Crippen molar-refractivity contribution in [2.45, 2.75) is 44.8 Å². The minimum Gasteiger partial charge on any atom is -0.328 e. The molecule has 2 nitrogen and oxygen atoms in total. The first-order valence-corrected chi connectivity index (χ1v) is 3.70. The topological polar surface area (TPSA) is 38.0 Å². The Kier molecular flexibility index (Phi) is 2.09. The molecule has 0 radical (unpaired) electrons. The highest BCUT2D eigenvalue weighted by atomic mass is 15.0. The van der Waals surface area contributed by atoms with E-state index in [1.807, 2.05) is 0 Å². The van der Waals surface area contributed by atoms with Crippen molar-refractivity contribution in [3.8, 4) is 0 Å². The molecule has 9 heavy (non-hydrogen) atoms. The Balaban J connectivity index is 2.04. The molecule has 0 aromatic carbocycles. The van der Waals surface area contributed by atoms with Crippen LogP contribution < -0.4 is 11.1 Å². The highest BCUT2D eigenvalue weighted by Gasteiger charge is 2.25. The Bertz CT molecular complexity index is 84.9. The van der Waals surface area contributed by atoms with Gasteiger partial charge >= 0.3 is 0 Å². The predicted octanol–water partition coefficient (Wildman–Crippen LogP) is 0.474. The van der Waals surface area contributed by atoms with E-state index < -0.39 is 0 Å². The summed E-state index contributed by atoms with van der Waals surface area (Å²) in [4.78, 5) is 0. The second kappa shape index (κ2) is 2.67. The summed E-state index contributed by atoms with van der Waals surface area (Å²) in [6.07, 6.45) is 2.33. The molecule has 0 aromatic heterocycles. The van der Waals surface area contributed by atoms with Gasteiger partial charge in [-0.2, -0.15) is 0 Å². The van der Waals surface area contributed by atoms with Gasteiger partial charge in [0.2, 0.25) is 0 Å². The van der Waals surface area contributed by atoms with E-state index in [1.54, 1.807) is 0 Å². The summed E-state index contributed by atoms with van der Waals surface area (Å²) in [5.74, 6) is 0. The van der Waals surface area contributed by atoms with Gasteiger partial charge in [-0.15, -0.1) is 0 Å². The average molecular weight is 128 g/mol. The fraction of sp³-hybridized carbons (Fsp3) is 1.00. The van der Waals surface area contributed by atoms with Gasteiger partial charge in [-0.05, 0) is 12.8 Å². The fourth-order valence-electron chi connectivity index (χ4n) is 1.27. The summed E-state index contributed by atoms with van der Waals surface area (Å²) in [7, 11) is 0. The zero-order valence-electron chi connectivity index (χ0n) is 6.22. The van der Waals surface area contributed by atoms with Gasteiger partial charge in [0.1, 0.15) is 0 Å². The van der Waals surface area contributed by atoms with Crippen molar-refractivity contribution in [1.82, 2.24) is 5.32 Å². The van der Waals surface area contributed by atoms with Crippen LogP contribution in [0, 0.1) is 0 Å². The van der Waals surface area contributed by atoms with Crippen molar-refractivity contribution in [2.24, 2.45) is 5.73 Å². The number of nitrogens with two attached hydrogens (primary N) is 1. The van der Waals surface area contributed by atoms with Gasteiger partial charge in [-0.1, -0.05) is 13.8 Å². The third kappa shape index (κ3) is 1.95. The molecular weight excluding hydrogens is 112 g/mol. The smallest absolute Gasteiger partial charge is 0.00988 e. The summed E-state index contributed by atoms with van der Waals surface area (Å²) in [6, 6.07) is 1.80. The maximum absolute atomic E-state index is 5.60. The molecule has 2 heteroatoms. The SMILES string of the molecule is CC(C)N[C@H]1C[C@@H](N)C1. The molecule has 1 rings (SSSR count). The van der Waals surface area contributed by atoms with E-state index in [-0.39, 0.29) is 0 Å². The third-order valence-corrected chi connectivity index (χ3v) is 1.74. The standard InChI is InChI=1S/C7H16N2/c1-5(2)9-7-3-6(8)4-7/h5-7,9H,3-4,8H2,1-2H3/t6-,7+. The van der Waals surface area contributed by atoms with Crippen LogP contribution in [0.1, 0.15) is 26.7 Å². The van der Waals surface area contributed by atoms with Gasteiger partial charge in [-0.25, -0.2) is 0 Å². The molecule has 0 saturated heterocycles. The molecule has 1 saturated carbocycles. The Morgan fingerprint density at radius 1 is 1.44 bits per heavy atom. The number of nitrogens with one attached hydrogen (secondary N) is 1. The summed E-state index contributed by atoms with van der Waals surface area (Å²) in [5, 5.41) is 3.43. The molecule has 1 fully saturated rings. The van der Waals surface area contributed by atoms with Crippen molar-refractivity contribution in [3.05, 3.63) is 0 Å². The molecule has 0 heterocycles. The maximum Gasteiger partial charge on any atom is 0.00988 e. The maximum atomic E-state index is 5.60. The lowest BCUT2D eigenvalue weighted by atomic mass is 9.87. The lowest BCUT2D eigenvalue weighted by Gasteiger charge is -2.34. The van der Waals surface area contributed by atoms with Gasteiger partial charge in [0.15, 0.2) is 0 Å². The van der Waals surface area contributed by atoms with Crippen LogP contribution in [0.15, 0.2) is 0 Å². The van der Waals surface area contributed by atoms with Gasteiger partial charge in [0.05, 0.1) is 0 Å². The van der Waals surface area contributed by atoms with Crippen molar-refractivity contribution < 1.29 is 0 Å². The van der Waals surface area contributed by atoms with Crippen LogP contribution in [0.4, 0.5) is 0 Å². The largest absolute Gasteiger partial charge is 0.328 e. The number of hydrogen-bond donors (Lipinski definition) is 2. The summed E-state index contributed by atoms with van der Waals surface area (Å²) in [5.41, 5.74) is 5.60. The molecule has 0 aromatic rings. The van der Waals surface area contributed by atoms with Crippen molar-refractivity contribution in [1.29, 1.82) is 0 Å². The van der Waals surface area contributed by atoms with E-state index >= 15 is 0 Å². The molecule has 54 valence electrons. The molecule has 3 N–H and O–H groups in total. The van der Waals surface area contributed by atoms with Gasteiger partial charge in [0.25, 0.3) is 0 Å². The highest BCUT2D eigenvalue weighted by Crippen LogP contribution is 2.17. The molecular formula is C7H16N2.